The summed E-state index contributed by atoms with van der Waals surface area (Å²) in [6.07, 6.45) is 2.28. The van der Waals surface area contributed by atoms with Gasteiger partial charge in [0.15, 0.2) is 11.5 Å². The maximum Gasteiger partial charge on any atom is 0.340 e. The largest absolute Gasteiger partial charge is 0.493 e. The van der Waals surface area contributed by atoms with E-state index < -0.39 is 5.97 Å². The van der Waals surface area contributed by atoms with Crippen LogP contribution in [0.2, 0.25) is 0 Å². The summed E-state index contributed by atoms with van der Waals surface area (Å²) in [4.78, 5) is 28.0. The van der Waals surface area contributed by atoms with Gasteiger partial charge in [-0.05, 0) is 86.9 Å². The normalized spacial score (nSPS) is 14.4. The molecule has 8 heteroatoms. The Kier molecular flexibility index (Phi) is 7.71. The van der Waals surface area contributed by atoms with E-state index in [0.717, 1.165) is 28.2 Å². The molecule has 0 aliphatic carbocycles. The van der Waals surface area contributed by atoms with Crippen molar-refractivity contribution < 1.29 is 28.2 Å². The van der Waals surface area contributed by atoms with Crippen molar-refractivity contribution in [1.82, 2.24) is 9.47 Å². The van der Waals surface area contributed by atoms with Gasteiger partial charge in [-0.25, -0.2) is 9.18 Å². The first-order valence-electron chi connectivity index (χ1n) is 12.2. The van der Waals surface area contributed by atoms with Crippen LogP contribution >= 0.6 is 0 Å². The highest BCUT2D eigenvalue weighted by molar-refractivity contribution is 6.16. The van der Waals surface area contributed by atoms with Crippen LogP contribution in [-0.2, 0) is 20.7 Å². The number of halogens is 1. The fraction of sp³-hybridized carbons (Fsp3) is 0.267. The van der Waals surface area contributed by atoms with Crippen molar-refractivity contribution in [2.75, 3.05) is 27.9 Å². The van der Waals surface area contributed by atoms with E-state index in [9.17, 15) is 14.0 Å². The molecule has 1 aromatic heterocycles. The van der Waals surface area contributed by atoms with E-state index >= 15 is 0 Å². The van der Waals surface area contributed by atoms with Crippen molar-refractivity contribution in [3.8, 4) is 17.2 Å². The van der Waals surface area contributed by atoms with Gasteiger partial charge in [-0.1, -0.05) is 6.07 Å². The van der Waals surface area contributed by atoms with Crippen molar-refractivity contribution >= 4 is 18.0 Å². The molecule has 0 saturated carbocycles. The SMILES string of the molecule is COC(=O)C1=C(C)N(CCc2ccc(OC)c(OC)c2)C(=O)/C1=C\c1cc(C)n(-c2ccc(F)cc2)c1C. The predicted molar refractivity (Wildman–Crippen MR) is 143 cm³/mol. The van der Waals surface area contributed by atoms with Gasteiger partial charge in [-0.3, -0.25) is 4.79 Å². The Morgan fingerprint density at radius 1 is 0.947 bits per heavy atom. The quantitative estimate of drug-likeness (QED) is 0.304. The van der Waals surface area contributed by atoms with Gasteiger partial charge in [0.2, 0.25) is 0 Å². The van der Waals surface area contributed by atoms with Gasteiger partial charge < -0.3 is 23.7 Å². The number of hydrogen-bond donors (Lipinski definition) is 0. The highest BCUT2D eigenvalue weighted by Crippen LogP contribution is 2.34. The summed E-state index contributed by atoms with van der Waals surface area (Å²) in [7, 11) is 4.45. The molecular formula is C30H31FN2O5. The summed E-state index contributed by atoms with van der Waals surface area (Å²) in [5, 5.41) is 0. The Hall–Kier alpha value is -4.33. The Balaban J connectivity index is 1.68. The van der Waals surface area contributed by atoms with Gasteiger partial charge in [0.05, 0.1) is 32.5 Å². The minimum atomic E-state index is -0.567. The van der Waals surface area contributed by atoms with Gasteiger partial charge in [-0.2, -0.15) is 0 Å². The molecular weight excluding hydrogens is 487 g/mol. The zero-order valence-electron chi connectivity index (χ0n) is 22.4. The third-order valence-corrected chi connectivity index (χ3v) is 6.83. The first-order chi connectivity index (χ1) is 18.2. The van der Waals surface area contributed by atoms with Crippen molar-refractivity contribution in [3.63, 3.8) is 0 Å². The van der Waals surface area contributed by atoms with Gasteiger partial charge in [0.25, 0.3) is 5.91 Å². The van der Waals surface area contributed by atoms with Crippen molar-refractivity contribution in [2.24, 2.45) is 0 Å². The molecule has 0 radical (unpaired) electrons. The highest BCUT2D eigenvalue weighted by atomic mass is 19.1. The summed E-state index contributed by atoms with van der Waals surface area (Å²) in [6.45, 7) is 5.98. The lowest BCUT2D eigenvalue weighted by Gasteiger charge is -2.18. The molecule has 0 fully saturated rings. The van der Waals surface area contributed by atoms with Gasteiger partial charge in [0, 0.05) is 29.3 Å². The number of esters is 1. The number of methoxy groups -OCH3 is 3. The fourth-order valence-electron chi connectivity index (χ4n) is 4.85. The maximum atomic E-state index is 13.6. The first kappa shape index (κ1) is 26.7. The molecule has 198 valence electrons. The lowest BCUT2D eigenvalue weighted by atomic mass is 10.0. The summed E-state index contributed by atoms with van der Waals surface area (Å²) in [6, 6.07) is 13.8. The molecule has 3 aromatic rings. The molecule has 0 unspecified atom stereocenters. The second-order valence-corrected chi connectivity index (χ2v) is 9.04. The molecule has 0 saturated heterocycles. The molecule has 0 N–H and O–H groups in total. The molecule has 1 amide bonds. The Morgan fingerprint density at radius 3 is 2.26 bits per heavy atom. The third kappa shape index (κ3) is 4.94. The average molecular weight is 519 g/mol. The number of nitrogens with zero attached hydrogens (tertiary/aromatic N) is 2. The summed E-state index contributed by atoms with van der Waals surface area (Å²) in [5.74, 6) is 0.0861. The van der Waals surface area contributed by atoms with Crippen LogP contribution in [0, 0.1) is 19.7 Å². The number of rotatable bonds is 8. The number of carbonyl (C=O) groups is 2. The standard InChI is InChI=1S/C30H31FN2O5/c1-18-15-22(19(2)33(18)24-10-8-23(31)9-11-24)17-25-28(30(35)38-6)20(3)32(29(25)34)14-13-21-7-12-26(36-4)27(16-21)37-5/h7-12,15-17H,13-14H2,1-6H3/b25-17-. The minimum Gasteiger partial charge on any atom is -0.493 e. The van der Waals surface area contributed by atoms with Crippen LogP contribution in [0.1, 0.15) is 29.4 Å². The maximum absolute atomic E-state index is 13.6. The Morgan fingerprint density at radius 2 is 1.63 bits per heavy atom. The Bertz CT molecular complexity index is 1450. The topological polar surface area (TPSA) is 70.0 Å². The minimum absolute atomic E-state index is 0.247. The molecule has 7 nitrogen and oxygen atoms in total. The summed E-state index contributed by atoms with van der Waals surface area (Å²) in [5.41, 5.74) is 5.39. The molecule has 0 bridgehead atoms. The van der Waals surface area contributed by atoms with E-state index in [0.29, 0.717) is 30.2 Å². The smallest absolute Gasteiger partial charge is 0.340 e. The lowest BCUT2D eigenvalue weighted by Crippen LogP contribution is -2.27. The van der Waals surface area contributed by atoms with Crippen molar-refractivity contribution in [2.45, 2.75) is 27.2 Å². The zero-order chi connectivity index (χ0) is 27.6. The molecule has 4 rings (SSSR count). The summed E-state index contributed by atoms with van der Waals surface area (Å²) >= 11 is 0. The third-order valence-electron chi connectivity index (χ3n) is 6.83. The van der Waals surface area contributed by atoms with E-state index in [2.05, 4.69) is 0 Å². The van der Waals surface area contributed by atoms with Crippen LogP contribution < -0.4 is 9.47 Å². The van der Waals surface area contributed by atoms with Crippen molar-refractivity contribution in [1.29, 1.82) is 0 Å². The van der Waals surface area contributed by atoms with E-state index in [4.69, 9.17) is 14.2 Å². The first-order valence-corrected chi connectivity index (χ1v) is 12.2. The number of hydrogen-bond acceptors (Lipinski definition) is 5. The second kappa shape index (κ2) is 11.0. The molecule has 0 spiro atoms. The Labute approximate surface area is 221 Å². The molecule has 1 aliphatic heterocycles. The van der Waals surface area contributed by atoms with E-state index in [1.807, 2.05) is 42.7 Å². The number of aryl methyl sites for hydroxylation is 1. The number of aromatic nitrogens is 1. The predicted octanol–water partition coefficient (Wildman–Crippen LogP) is 5.17. The zero-order valence-corrected chi connectivity index (χ0v) is 22.4. The van der Waals surface area contributed by atoms with Crippen molar-refractivity contribution in [3.05, 3.63) is 93.7 Å². The number of benzene rings is 2. The summed E-state index contributed by atoms with van der Waals surface area (Å²) < 4.78 is 31.2. The molecule has 2 aromatic carbocycles. The van der Waals surface area contributed by atoms with Crippen LogP contribution in [0.4, 0.5) is 4.39 Å². The van der Waals surface area contributed by atoms with Crippen LogP contribution in [0.25, 0.3) is 11.8 Å². The molecule has 1 aliphatic rings. The van der Waals surface area contributed by atoms with E-state index in [1.165, 1.54) is 19.2 Å². The second-order valence-electron chi connectivity index (χ2n) is 9.04. The lowest BCUT2D eigenvalue weighted by molar-refractivity contribution is -0.136. The van der Waals surface area contributed by atoms with E-state index in [1.54, 1.807) is 44.3 Å². The number of amides is 1. The monoisotopic (exact) mass is 518 g/mol. The van der Waals surface area contributed by atoms with Crippen LogP contribution in [0.15, 0.2) is 65.4 Å². The van der Waals surface area contributed by atoms with E-state index in [-0.39, 0.29) is 22.9 Å². The van der Waals surface area contributed by atoms with Gasteiger partial charge >= 0.3 is 5.97 Å². The molecule has 0 atom stereocenters. The fourth-order valence-corrected chi connectivity index (χ4v) is 4.85. The molecule has 38 heavy (non-hydrogen) atoms. The van der Waals surface area contributed by atoms with Crippen LogP contribution in [-0.4, -0.2) is 49.2 Å². The van der Waals surface area contributed by atoms with Gasteiger partial charge in [0.1, 0.15) is 5.82 Å². The molecule has 2 heterocycles. The average Bonchev–Trinajstić information content (AvgIpc) is 3.33. The number of ether oxygens (including phenoxy) is 3. The number of carbonyl (C=O) groups excluding carboxylic acids is 2. The van der Waals surface area contributed by atoms with Crippen LogP contribution in [0.3, 0.4) is 0 Å². The van der Waals surface area contributed by atoms with Gasteiger partial charge in [-0.15, -0.1) is 0 Å². The van der Waals surface area contributed by atoms with Crippen LogP contribution in [0.5, 0.6) is 11.5 Å². The number of allylic oxidation sites excluding steroid dienone is 1. The highest BCUT2D eigenvalue weighted by Gasteiger charge is 2.37.